The summed E-state index contributed by atoms with van der Waals surface area (Å²) in [5, 5.41) is 3.40. The monoisotopic (exact) mass is 261 g/mol. The molecule has 1 saturated carbocycles. The number of ether oxygens (including phenoxy) is 1. The van der Waals surface area contributed by atoms with Crippen LogP contribution >= 0.6 is 0 Å². The van der Waals surface area contributed by atoms with E-state index in [-0.39, 0.29) is 0 Å². The van der Waals surface area contributed by atoms with E-state index in [1.165, 1.54) is 48.8 Å². The summed E-state index contributed by atoms with van der Waals surface area (Å²) in [6.45, 7) is 5.11. The van der Waals surface area contributed by atoms with Gasteiger partial charge in [0.05, 0.1) is 18.8 Å². The number of aryl methyl sites for hydroxylation is 2. The van der Waals surface area contributed by atoms with E-state index in [9.17, 15) is 0 Å². The molecule has 1 unspecified atom stereocenters. The van der Waals surface area contributed by atoms with Crippen molar-refractivity contribution in [2.45, 2.75) is 58.1 Å². The molecular formula is C17H27NO. The third kappa shape index (κ3) is 4.05. The van der Waals surface area contributed by atoms with Crippen LogP contribution in [-0.4, -0.2) is 19.8 Å². The van der Waals surface area contributed by atoms with Crippen LogP contribution < -0.4 is 5.32 Å². The molecule has 2 rings (SSSR count). The van der Waals surface area contributed by atoms with Crippen molar-refractivity contribution in [2.75, 3.05) is 13.7 Å². The Morgan fingerprint density at radius 1 is 1.21 bits per heavy atom. The minimum Gasteiger partial charge on any atom is -0.376 e. The highest BCUT2D eigenvalue weighted by Gasteiger charge is 2.17. The van der Waals surface area contributed by atoms with Gasteiger partial charge < -0.3 is 10.1 Å². The lowest BCUT2D eigenvalue weighted by Gasteiger charge is -2.26. The lowest BCUT2D eigenvalue weighted by atomic mass is 9.97. The van der Waals surface area contributed by atoms with Crippen LogP contribution in [-0.2, 0) is 4.74 Å². The Morgan fingerprint density at radius 3 is 2.63 bits per heavy atom. The predicted molar refractivity (Wildman–Crippen MR) is 80.5 cm³/mol. The zero-order valence-corrected chi connectivity index (χ0v) is 12.5. The van der Waals surface area contributed by atoms with Crippen LogP contribution in [0.15, 0.2) is 18.2 Å². The maximum Gasteiger partial charge on any atom is 0.0665 e. The molecule has 1 N–H and O–H groups in total. The smallest absolute Gasteiger partial charge is 0.0665 e. The molecule has 1 atom stereocenters. The molecular weight excluding hydrogens is 234 g/mol. The van der Waals surface area contributed by atoms with E-state index >= 15 is 0 Å². The Labute approximate surface area is 117 Å². The van der Waals surface area contributed by atoms with Gasteiger partial charge in [0.1, 0.15) is 0 Å². The molecule has 0 radical (unpaired) electrons. The van der Waals surface area contributed by atoms with Crippen LogP contribution in [0.1, 0.15) is 54.8 Å². The van der Waals surface area contributed by atoms with Crippen LogP contribution in [0.4, 0.5) is 0 Å². The number of likely N-dealkylation sites (N-methyl/N-ethyl adjacent to an activating group) is 1. The maximum atomic E-state index is 6.12. The fourth-order valence-electron chi connectivity index (χ4n) is 2.93. The van der Waals surface area contributed by atoms with Gasteiger partial charge in [0, 0.05) is 0 Å². The van der Waals surface area contributed by atoms with Gasteiger partial charge in [0.15, 0.2) is 0 Å². The first kappa shape index (κ1) is 14.5. The van der Waals surface area contributed by atoms with Gasteiger partial charge >= 0.3 is 0 Å². The molecule has 1 aliphatic rings. The minimum atomic E-state index is 0.307. The van der Waals surface area contributed by atoms with E-state index < -0.39 is 0 Å². The highest BCUT2D eigenvalue weighted by Crippen LogP contribution is 2.24. The van der Waals surface area contributed by atoms with Gasteiger partial charge in [0.25, 0.3) is 0 Å². The normalized spacial score (nSPS) is 18.5. The van der Waals surface area contributed by atoms with E-state index in [2.05, 4.69) is 37.4 Å². The molecule has 1 aromatic rings. The molecule has 0 heterocycles. The molecule has 2 heteroatoms. The lowest BCUT2D eigenvalue weighted by Crippen LogP contribution is -2.27. The fraction of sp³-hybridized carbons (Fsp3) is 0.647. The molecule has 0 spiro atoms. The Hall–Kier alpha value is -0.860. The van der Waals surface area contributed by atoms with Gasteiger partial charge in [0.2, 0.25) is 0 Å². The number of hydrogen-bond donors (Lipinski definition) is 1. The Morgan fingerprint density at radius 2 is 1.95 bits per heavy atom. The zero-order valence-electron chi connectivity index (χ0n) is 12.5. The number of nitrogens with one attached hydrogen (secondary N) is 1. The van der Waals surface area contributed by atoms with Crippen LogP contribution in [0.25, 0.3) is 0 Å². The summed E-state index contributed by atoms with van der Waals surface area (Å²) in [4.78, 5) is 0. The highest BCUT2D eigenvalue weighted by atomic mass is 16.5. The van der Waals surface area contributed by atoms with Gasteiger partial charge in [-0.1, -0.05) is 43.0 Å². The van der Waals surface area contributed by atoms with Gasteiger partial charge in [-0.25, -0.2) is 0 Å². The summed E-state index contributed by atoms with van der Waals surface area (Å²) in [5.74, 6) is 0. The second-order valence-corrected chi connectivity index (χ2v) is 5.79. The molecule has 0 aliphatic heterocycles. The molecule has 2 nitrogen and oxygen atoms in total. The van der Waals surface area contributed by atoms with Gasteiger partial charge in [-0.3, -0.25) is 0 Å². The van der Waals surface area contributed by atoms with Crippen molar-refractivity contribution in [3.8, 4) is 0 Å². The second-order valence-electron chi connectivity index (χ2n) is 5.79. The molecule has 0 aromatic heterocycles. The molecule has 0 saturated heterocycles. The first-order valence-corrected chi connectivity index (χ1v) is 7.56. The predicted octanol–water partition coefficient (Wildman–Crippen LogP) is 3.91. The van der Waals surface area contributed by atoms with Crippen LogP contribution in [0.3, 0.4) is 0 Å². The Kier molecular flexibility index (Phi) is 5.41. The van der Waals surface area contributed by atoms with Crippen LogP contribution in [0, 0.1) is 13.8 Å². The van der Waals surface area contributed by atoms with E-state index in [1.54, 1.807) is 0 Å². The van der Waals surface area contributed by atoms with Crippen LogP contribution in [0.2, 0.25) is 0 Å². The van der Waals surface area contributed by atoms with Gasteiger partial charge in [-0.2, -0.15) is 0 Å². The van der Waals surface area contributed by atoms with Crippen LogP contribution in [0.5, 0.6) is 0 Å². The average Bonchev–Trinajstić information content (AvgIpc) is 2.44. The molecule has 1 aliphatic carbocycles. The SMILES string of the molecule is CNC(COC1CCCCC1)c1cc(C)ccc1C. The van der Waals surface area contributed by atoms with Crippen molar-refractivity contribution in [2.24, 2.45) is 0 Å². The fourth-order valence-corrected chi connectivity index (χ4v) is 2.93. The van der Waals surface area contributed by atoms with Crippen molar-refractivity contribution in [1.82, 2.24) is 5.32 Å². The van der Waals surface area contributed by atoms with E-state index in [4.69, 9.17) is 4.74 Å². The summed E-state index contributed by atoms with van der Waals surface area (Å²) < 4.78 is 6.12. The van der Waals surface area contributed by atoms with E-state index in [1.807, 2.05) is 7.05 Å². The van der Waals surface area contributed by atoms with Crippen molar-refractivity contribution in [1.29, 1.82) is 0 Å². The number of benzene rings is 1. The standard InChI is InChI=1S/C17H27NO/c1-13-9-10-14(2)16(11-13)17(18-3)12-19-15-7-5-4-6-8-15/h9-11,15,17-18H,4-8,12H2,1-3H3. The lowest BCUT2D eigenvalue weighted by molar-refractivity contribution is 0.0165. The topological polar surface area (TPSA) is 21.3 Å². The molecule has 106 valence electrons. The minimum absolute atomic E-state index is 0.307. The summed E-state index contributed by atoms with van der Waals surface area (Å²) in [6.07, 6.45) is 7.00. The summed E-state index contributed by atoms with van der Waals surface area (Å²) >= 11 is 0. The molecule has 1 aromatic carbocycles. The second kappa shape index (κ2) is 7.06. The zero-order chi connectivity index (χ0) is 13.7. The Balaban J connectivity index is 1.97. The van der Waals surface area contributed by atoms with Gasteiger partial charge in [-0.15, -0.1) is 0 Å². The largest absolute Gasteiger partial charge is 0.376 e. The number of hydrogen-bond acceptors (Lipinski definition) is 2. The number of rotatable bonds is 5. The van der Waals surface area contributed by atoms with E-state index in [0.29, 0.717) is 12.1 Å². The Bertz CT molecular complexity index is 396. The molecule has 0 bridgehead atoms. The molecule has 1 fully saturated rings. The van der Waals surface area contributed by atoms with Crippen molar-refractivity contribution in [3.63, 3.8) is 0 Å². The van der Waals surface area contributed by atoms with E-state index in [0.717, 1.165) is 6.61 Å². The van der Waals surface area contributed by atoms with Crippen molar-refractivity contribution >= 4 is 0 Å². The highest BCUT2D eigenvalue weighted by molar-refractivity contribution is 5.33. The summed E-state index contributed by atoms with van der Waals surface area (Å²) in [7, 11) is 2.02. The summed E-state index contributed by atoms with van der Waals surface area (Å²) in [5.41, 5.74) is 4.04. The third-order valence-corrected chi connectivity index (χ3v) is 4.21. The summed E-state index contributed by atoms with van der Waals surface area (Å²) in [6, 6.07) is 6.96. The van der Waals surface area contributed by atoms with Gasteiger partial charge in [-0.05, 0) is 44.9 Å². The molecule has 19 heavy (non-hydrogen) atoms. The molecule has 0 amide bonds. The maximum absolute atomic E-state index is 6.12. The third-order valence-electron chi connectivity index (χ3n) is 4.21. The quantitative estimate of drug-likeness (QED) is 0.867. The first-order valence-electron chi connectivity index (χ1n) is 7.56. The van der Waals surface area contributed by atoms with Crippen molar-refractivity contribution in [3.05, 3.63) is 34.9 Å². The van der Waals surface area contributed by atoms with Crippen molar-refractivity contribution < 1.29 is 4.74 Å². The average molecular weight is 261 g/mol. The first-order chi connectivity index (χ1) is 9.20.